The minimum atomic E-state index is 0.112. The van der Waals surface area contributed by atoms with Crippen LogP contribution in [0.3, 0.4) is 0 Å². The minimum Gasteiger partial charge on any atom is -0.493 e. The SMILES string of the molecule is CC(C)(C)c1ccc(OCCCCCCCCCCCCOc2ccc(C(C)(C)C)cc2C=C(Br)Br)c(C=C(Br)Br)c1. The maximum absolute atomic E-state index is 6.16. The van der Waals surface area contributed by atoms with E-state index in [2.05, 4.69) is 154 Å². The third-order valence-corrected chi connectivity index (χ3v) is 8.25. The van der Waals surface area contributed by atoms with Crippen molar-refractivity contribution < 1.29 is 9.47 Å². The molecule has 2 aromatic rings. The number of hydrogen-bond acceptors (Lipinski definition) is 2. The fraction of sp³-hybridized carbons (Fsp3) is 0.556. The van der Waals surface area contributed by atoms with Crippen molar-refractivity contribution in [3.8, 4) is 11.5 Å². The van der Waals surface area contributed by atoms with Gasteiger partial charge < -0.3 is 9.47 Å². The summed E-state index contributed by atoms with van der Waals surface area (Å²) in [5.41, 5.74) is 5.06. The topological polar surface area (TPSA) is 18.5 Å². The summed E-state index contributed by atoms with van der Waals surface area (Å²) in [7, 11) is 0. The van der Waals surface area contributed by atoms with Crippen LogP contribution in [-0.4, -0.2) is 13.2 Å². The minimum absolute atomic E-state index is 0.112. The molecule has 6 heteroatoms. The van der Waals surface area contributed by atoms with Gasteiger partial charge in [-0.25, -0.2) is 0 Å². The van der Waals surface area contributed by atoms with Gasteiger partial charge in [0.2, 0.25) is 0 Å². The third kappa shape index (κ3) is 14.9. The molecule has 0 fully saturated rings. The molecule has 0 saturated carbocycles. The van der Waals surface area contributed by atoms with Crippen molar-refractivity contribution in [1.29, 1.82) is 0 Å². The molecular formula is C36H50Br4O2. The van der Waals surface area contributed by atoms with Crippen molar-refractivity contribution in [3.63, 3.8) is 0 Å². The van der Waals surface area contributed by atoms with Gasteiger partial charge in [0.25, 0.3) is 0 Å². The number of hydrogen-bond donors (Lipinski definition) is 0. The summed E-state index contributed by atoms with van der Waals surface area (Å²) in [5, 5.41) is 0. The van der Waals surface area contributed by atoms with Crippen LogP contribution in [0.2, 0.25) is 0 Å². The smallest absolute Gasteiger partial charge is 0.126 e. The van der Waals surface area contributed by atoms with E-state index in [0.29, 0.717) is 0 Å². The summed E-state index contributed by atoms with van der Waals surface area (Å²) < 4.78 is 14.2. The average Bonchev–Trinajstić information content (AvgIpc) is 2.88. The summed E-state index contributed by atoms with van der Waals surface area (Å²) in [6.07, 6.45) is 16.7. The first-order valence-electron chi connectivity index (χ1n) is 15.4. The lowest BCUT2D eigenvalue weighted by atomic mass is 9.86. The van der Waals surface area contributed by atoms with Gasteiger partial charge in [-0.1, -0.05) is 105 Å². The zero-order valence-corrected chi connectivity index (χ0v) is 32.8. The number of halogens is 4. The average molecular weight is 834 g/mol. The molecule has 0 bridgehead atoms. The van der Waals surface area contributed by atoms with E-state index in [0.717, 1.165) is 55.5 Å². The molecule has 0 amide bonds. The molecule has 0 radical (unpaired) electrons. The van der Waals surface area contributed by atoms with Crippen molar-refractivity contribution in [3.05, 3.63) is 65.4 Å². The fourth-order valence-electron chi connectivity index (χ4n) is 4.74. The summed E-state index contributed by atoms with van der Waals surface area (Å²) in [6, 6.07) is 13.1. The highest BCUT2D eigenvalue weighted by atomic mass is 79.9. The molecule has 0 heterocycles. The molecular weight excluding hydrogens is 784 g/mol. The van der Waals surface area contributed by atoms with Crippen LogP contribution in [0.15, 0.2) is 43.2 Å². The van der Waals surface area contributed by atoms with Gasteiger partial charge in [0, 0.05) is 11.1 Å². The zero-order chi connectivity index (χ0) is 31.2. The number of ether oxygens (including phenoxy) is 2. The lowest BCUT2D eigenvalue weighted by molar-refractivity contribution is 0.302. The van der Waals surface area contributed by atoms with E-state index < -0.39 is 0 Å². The first kappa shape index (κ1) is 37.6. The molecule has 0 aliphatic rings. The standard InChI is InChI=1S/C36H50Br4O2/c1-35(2,3)29-17-19-31(27(23-29)25-33(37)38)41-21-15-13-11-9-7-8-10-12-14-16-22-42-32-20-18-30(36(4,5)6)24-28(32)26-34(39)40/h17-20,23-26H,7-16,21-22H2,1-6H3. The molecule has 0 unspecified atom stereocenters. The Balaban J connectivity index is 1.57. The lowest BCUT2D eigenvalue weighted by Crippen LogP contribution is -2.11. The Bertz CT molecular complexity index is 1060. The molecule has 0 aliphatic heterocycles. The van der Waals surface area contributed by atoms with Crippen LogP contribution in [0.5, 0.6) is 11.5 Å². The first-order valence-corrected chi connectivity index (χ1v) is 18.5. The highest BCUT2D eigenvalue weighted by Gasteiger charge is 2.17. The molecule has 0 N–H and O–H groups in total. The van der Waals surface area contributed by atoms with Gasteiger partial charge in [0.05, 0.1) is 20.0 Å². The van der Waals surface area contributed by atoms with E-state index in [1.807, 2.05) is 0 Å². The molecule has 0 aliphatic carbocycles. The number of benzene rings is 2. The highest BCUT2D eigenvalue weighted by molar-refractivity contribution is 9.28. The Kier molecular flexibility index (Phi) is 17.1. The van der Waals surface area contributed by atoms with E-state index in [9.17, 15) is 0 Å². The van der Waals surface area contributed by atoms with Crippen molar-refractivity contribution >= 4 is 75.9 Å². The maximum atomic E-state index is 6.16. The molecule has 234 valence electrons. The maximum Gasteiger partial charge on any atom is 0.126 e. The molecule has 2 nitrogen and oxygen atoms in total. The summed E-state index contributed by atoms with van der Waals surface area (Å²) in [4.78, 5) is 0. The Morgan fingerprint density at radius 2 is 0.833 bits per heavy atom. The molecule has 0 saturated heterocycles. The summed E-state index contributed by atoms with van der Waals surface area (Å²) in [5.74, 6) is 1.90. The van der Waals surface area contributed by atoms with Gasteiger partial charge in [-0.2, -0.15) is 0 Å². The Morgan fingerprint density at radius 1 is 0.524 bits per heavy atom. The highest BCUT2D eigenvalue weighted by Crippen LogP contribution is 2.33. The predicted molar refractivity (Wildman–Crippen MR) is 199 cm³/mol. The van der Waals surface area contributed by atoms with E-state index in [-0.39, 0.29) is 10.8 Å². The van der Waals surface area contributed by atoms with Crippen molar-refractivity contribution in [1.82, 2.24) is 0 Å². The summed E-state index contributed by atoms with van der Waals surface area (Å²) in [6.45, 7) is 15.0. The van der Waals surface area contributed by atoms with Gasteiger partial charge in [0.15, 0.2) is 0 Å². The molecule has 0 aromatic heterocycles. The van der Waals surface area contributed by atoms with E-state index in [4.69, 9.17) is 9.47 Å². The second-order valence-corrected chi connectivity index (χ2v) is 18.7. The van der Waals surface area contributed by atoms with Crippen molar-refractivity contribution in [2.75, 3.05) is 13.2 Å². The van der Waals surface area contributed by atoms with Crippen LogP contribution in [0.25, 0.3) is 12.2 Å². The Labute approximate surface area is 290 Å². The molecule has 0 spiro atoms. The largest absolute Gasteiger partial charge is 0.493 e. The number of unbranched alkanes of at least 4 members (excludes halogenated alkanes) is 9. The molecule has 42 heavy (non-hydrogen) atoms. The van der Waals surface area contributed by atoms with E-state index >= 15 is 0 Å². The fourth-order valence-corrected chi connectivity index (χ4v) is 5.72. The zero-order valence-electron chi connectivity index (χ0n) is 26.4. The molecule has 0 atom stereocenters. The van der Waals surface area contributed by atoms with E-state index in [1.54, 1.807) is 0 Å². The van der Waals surface area contributed by atoms with Gasteiger partial charge in [-0.05, 0) is 135 Å². The Hall–Kier alpha value is -0.560. The Morgan fingerprint density at radius 3 is 1.12 bits per heavy atom. The predicted octanol–water partition coefficient (Wildman–Crippen LogP) is 13.8. The van der Waals surface area contributed by atoms with Crippen LogP contribution in [0.1, 0.15) is 128 Å². The summed E-state index contributed by atoms with van der Waals surface area (Å²) >= 11 is 14.0. The molecule has 2 aromatic carbocycles. The van der Waals surface area contributed by atoms with Crippen LogP contribution in [-0.2, 0) is 10.8 Å². The van der Waals surface area contributed by atoms with Crippen LogP contribution < -0.4 is 9.47 Å². The van der Waals surface area contributed by atoms with Gasteiger partial charge in [-0.3, -0.25) is 0 Å². The second kappa shape index (κ2) is 19.1. The third-order valence-electron chi connectivity index (χ3n) is 7.33. The first-order chi connectivity index (χ1) is 19.8. The monoisotopic (exact) mass is 830 g/mol. The van der Waals surface area contributed by atoms with Crippen LogP contribution in [0, 0.1) is 0 Å². The van der Waals surface area contributed by atoms with E-state index in [1.165, 1.54) is 62.5 Å². The van der Waals surface area contributed by atoms with Gasteiger partial charge in [0.1, 0.15) is 11.5 Å². The number of rotatable bonds is 17. The van der Waals surface area contributed by atoms with Gasteiger partial charge in [-0.15, -0.1) is 0 Å². The second-order valence-electron chi connectivity index (χ2n) is 13.1. The molecule has 2 rings (SSSR count). The van der Waals surface area contributed by atoms with Crippen molar-refractivity contribution in [2.45, 2.75) is 117 Å². The van der Waals surface area contributed by atoms with Gasteiger partial charge >= 0.3 is 0 Å². The van der Waals surface area contributed by atoms with Crippen LogP contribution in [0.4, 0.5) is 0 Å². The lowest BCUT2D eigenvalue weighted by Gasteiger charge is -2.21. The van der Waals surface area contributed by atoms with Crippen LogP contribution >= 0.6 is 63.7 Å². The quantitative estimate of drug-likeness (QED) is 0.148. The normalized spacial score (nSPS) is 11.8. The van der Waals surface area contributed by atoms with Crippen molar-refractivity contribution in [2.24, 2.45) is 0 Å².